The lowest BCUT2D eigenvalue weighted by atomic mass is 10.0. The van der Waals surface area contributed by atoms with Crippen LogP contribution in [0.3, 0.4) is 0 Å². The topological polar surface area (TPSA) is 9.23 Å². The van der Waals surface area contributed by atoms with Crippen molar-refractivity contribution >= 4 is 11.6 Å². The molecule has 2 aromatic rings. The van der Waals surface area contributed by atoms with Gasteiger partial charge < -0.3 is 4.74 Å². The Kier molecular flexibility index (Phi) is 4.73. The lowest BCUT2D eigenvalue weighted by Gasteiger charge is -2.13. The fraction of sp³-hybridized carbons (Fsp3) is 0.200. The summed E-state index contributed by atoms with van der Waals surface area (Å²) in [7, 11) is 0. The van der Waals surface area contributed by atoms with E-state index in [1.807, 2.05) is 6.07 Å². The van der Waals surface area contributed by atoms with Gasteiger partial charge in [0.2, 0.25) is 0 Å². The van der Waals surface area contributed by atoms with E-state index in [4.69, 9.17) is 11.6 Å². The van der Waals surface area contributed by atoms with E-state index in [0.717, 1.165) is 17.7 Å². The first-order valence-electron chi connectivity index (χ1n) is 6.05. The van der Waals surface area contributed by atoms with Gasteiger partial charge in [-0.25, -0.2) is 4.39 Å². The van der Waals surface area contributed by atoms with Crippen molar-refractivity contribution in [1.29, 1.82) is 0 Å². The van der Waals surface area contributed by atoms with Gasteiger partial charge in [0.1, 0.15) is 0 Å². The fourth-order valence-corrected chi connectivity index (χ4v) is 2.05. The van der Waals surface area contributed by atoms with Crippen molar-refractivity contribution in [1.82, 2.24) is 0 Å². The van der Waals surface area contributed by atoms with Crippen LogP contribution in [0.25, 0.3) is 0 Å². The molecule has 0 aliphatic heterocycles. The number of alkyl halides is 4. The van der Waals surface area contributed by atoms with Gasteiger partial charge in [-0.15, -0.1) is 11.6 Å². The Morgan fingerprint density at radius 2 is 1.67 bits per heavy atom. The molecule has 0 spiro atoms. The van der Waals surface area contributed by atoms with Crippen LogP contribution in [0.4, 0.5) is 17.6 Å². The monoisotopic (exact) mass is 318 g/mol. The molecule has 1 atom stereocenters. The molecular weight excluding hydrogens is 308 g/mol. The van der Waals surface area contributed by atoms with E-state index >= 15 is 0 Å². The van der Waals surface area contributed by atoms with Crippen molar-refractivity contribution in [3.8, 4) is 5.75 Å². The van der Waals surface area contributed by atoms with Crippen LogP contribution < -0.4 is 4.74 Å². The molecule has 1 unspecified atom stereocenters. The van der Waals surface area contributed by atoms with Crippen molar-refractivity contribution in [2.45, 2.75) is 11.6 Å². The van der Waals surface area contributed by atoms with Gasteiger partial charge in [-0.3, -0.25) is 0 Å². The number of benzene rings is 2. The zero-order valence-corrected chi connectivity index (χ0v) is 11.5. The van der Waals surface area contributed by atoms with Crippen LogP contribution in [0.15, 0.2) is 48.5 Å². The second-order valence-electron chi connectivity index (χ2n) is 4.37. The Balaban J connectivity index is 2.15. The number of ether oxygens (including phenoxy) is 1. The minimum absolute atomic E-state index is 0.444. The summed E-state index contributed by atoms with van der Waals surface area (Å²) in [5.74, 6) is -1.33. The van der Waals surface area contributed by atoms with Gasteiger partial charge >= 0.3 is 6.18 Å². The second-order valence-corrected chi connectivity index (χ2v) is 4.80. The van der Waals surface area contributed by atoms with Crippen LogP contribution in [0.5, 0.6) is 5.75 Å². The Morgan fingerprint density at radius 1 is 1.00 bits per heavy atom. The van der Waals surface area contributed by atoms with Crippen LogP contribution in [0, 0.1) is 5.82 Å². The number of halogens is 5. The Morgan fingerprint density at radius 3 is 2.24 bits per heavy atom. The molecule has 0 bridgehead atoms. The first-order chi connectivity index (χ1) is 9.87. The summed E-state index contributed by atoms with van der Waals surface area (Å²) in [6.07, 6.45) is -4.51. The maximum Gasteiger partial charge on any atom is 0.422 e. The number of hydrogen-bond acceptors (Lipinski definition) is 1. The average molecular weight is 319 g/mol. The van der Waals surface area contributed by atoms with Crippen molar-refractivity contribution in [3.63, 3.8) is 0 Å². The van der Waals surface area contributed by atoms with Crippen LogP contribution in [-0.4, -0.2) is 12.8 Å². The molecule has 21 heavy (non-hydrogen) atoms. The van der Waals surface area contributed by atoms with E-state index in [2.05, 4.69) is 4.74 Å². The lowest BCUT2D eigenvalue weighted by Crippen LogP contribution is -2.19. The molecular formula is C15H11ClF4O. The highest BCUT2D eigenvalue weighted by molar-refractivity contribution is 6.22. The molecule has 2 rings (SSSR count). The van der Waals surface area contributed by atoms with Gasteiger partial charge in [0.05, 0.1) is 5.38 Å². The zero-order valence-electron chi connectivity index (χ0n) is 10.7. The third kappa shape index (κ3) is 4.36. The molecule has 0 aliphatic carbocycles. The van der Waals surface area contributed by atoms with Gasteiger partial charge in [-0.05, 0) is 23.3 Å². The van der Waals surface area contributed by atoms with Gasteiger partial charge in [-0.2, -0.15) is 13.2 Å². The summed E-state index contributed by atoms with van der Waals surface area (Å²) >= 11 is 6.22. The summed E-state index contributed by atoms with van der Waals surface area (Å²) < 4.78 is 54.2. The second kappa shape index (κ2) is 6.35. The molecule has 0 amide bonds. The molecule has 0 saturated heterocycles. The van der Waals surface area contributed by atoms with Gasteiger partial charge in [0, 0.05) is 0 Å². The minimum atomic E-state index is -4.51. The van der Waals surface area contributed by atoms with Crippen LogP contribution >= 0.6 is 11.6 Å². The van der Waals surface area contributed by atoms with Crippen LogP contribution in [0.1, 0.15) is 16.5 Å². The minimum Gasteiger partial charge on any atom is -0.481 e. The molecule has 0 radical (unpaired) electrons. The molecule has 0 fully saturated rings. The van der Waals surface area contributed by atoms with Crippen molar-refractivity contribution in [2.24, 2.45) is 0 Å². The summed E-state index contributed by atoms with van der Waals surface area (Å²) in [5, 5.41) is -0.586. The Bertz CT molecular complexity index is 598. The molecule has 0 aromatic heterocycles. The lowest BCUT2D eigenvalue weighted by molar-refractivity contribution is -0.153. The standard InChI is InChI=1S/C15H11ClF4O/c16-14(10-4-2-1-3-5-10)11-6-7-13(12(17)8-11)21-9-15(18,19)20/h1-8,14H,9H2. The highest BCUT2D eigenvalue weighted by Gasteiger charge is 2.29. The summed E-state index contributed by atoms with van der Waals surface area (Å²) in [5.41, 5.74) is 1.21. The van der Waals surface area contributed by atoms with Crippen LogP contribution in [0.2, 0.25) is 0 Å². The molecule has 0 heterocycles. The molecule has 1 nitrogen and oxygen atoms in total. The largest absolute Gasteiger partial charge is 0.481 e. The Labute approximate surface area is 124 Å². The third-order valence-corrected chi connectivity index (χ3v) is 3.24. The normalized spacial score (nSPS) is 13.0. The van der Waals surface area contributed by atoms with E-state index in [0.29, 0.717) is 5.56 Å². The molecule has 6 heteroatoms. The Hall–Kier alpha value is -1.75. The van der Waals surface area contributed by atoms with Crippen LogP contribution in [-0.2, 0) is 0 Å². The van der Waals surface area contributed by atoms with E-state index < -0.39 is 29.7 Å². The highest BCUT2D eigenvalue weighted by Crippen LogP contribution is 2.31. The number of rotatable bonds is 4. The first-order valence-corrected chi connectivity index (χ1v) is 6.48. The summed E-state index contributed by atoms with van der Waals surface area (Å²) in [6.45, 7) is -1.54. The molecule has 0 aliphatic rings. The van der Waals surface area contributed by atoms with Gasteiger partial charge in [0.15, 0.2) is 18.2 Å². The van der Waals surface area contributed by atoms with E-state index in [-0.39, 0.29) is 0 Å². The summed E-state index contributed by atoms with van der Waals surface area (Å²) in [4.78, 5) is 0. The third-order valence-electron chi connectivity index (χ3n) is 2.73. The maximum absolute atomic E-state index is 13.8. The molecule has 0 N–H and O–H groups in total. The predicted molar refractivity (Wildman–Crippen MR) is 72.1 cm³/mol. The van der Waals surface area contributed by atoms with Gasteiger partial charge in [-0.1, -0.05) is 36.4 Å². The molecule has 0 saturated carbocycles. The van der Waals surface area contributed by atoms with E-state index in [9.17, 15) is 17.6 Å². The smallest absolute Gasteiger partial charge is 0.422 e. The van der Waals surface area contributed by atoms with E-state index in [1.54, 1.807) is 24.3 Å². The van der Waals surface area contributed by atoms with Crippen molar-refractivity contribution in [3.05, 3.63) is 65.5 Å². The average Bonchev–Trinajstić information content (AvgIpc) is 2.45. The SMILES string of the molecule is Fc1cc(C(Cl)c2ccccc2)ccc1OCC(F)(F)F. The fourth-order valence-electron chi connectivity index (χ4n) is 1.77. The highest BCUT2D eigenvalue weighted by atomic mass is 35.5. The number of hydrogen-bond donors (Lipinski definition) is 0. The molecule has 112 valence electrons. The quantitative estimate of drug-likeness (QED) is 0.563. The van der Waals surface area contributed by atoms with Crippen molar-refractivity contribution < 1.29 is 22.3 Å². The predicted octanol–water partition coefficient (Wildman–Crippen LogP) is 5.10. The summed E-state index contributed by atoms with van der Waals surface area (Å²) in [6, 6.07) is 12.6. The first kappa shape index (κ1) is 15.6. The zero-order chi connectivity index (χ0) is 15.5. The molecule has 2 aromatic carbocycles. The van der Waals surface area contributed by atoms with Crippen molar-refractivity contribution in [2.75, 3.05) is 6.61 Å². The maximum atomic E-state index is 13.8. The van der Waals surface area contributed by atoms with E-state index in [1.165, 1.54) is 6.07 Å². The van der Waals surface area contributed by atoms with Gasteiger partial charge in [0.25, 0.3) is 0 Å².